The first kappa shape index (κ1) is 9.49. The number of cyclic esters (lactones) is 2. The summed E-state index contributed by atoms with van der Waals surface area (Å²) in [4.78, 5) is 22.1. The van der Waals surface area contributed by atoms with Gasteiger partial charge in [-0.1, -0.05) is 26.5 Å². The predicted molar refractivity (Wildman–Crippen MR) is 46.7 cm³/mol. The van der Waals surface area contributed by atoms with Gasteiger partial charge in [0.25, 0.3) is 0 Å². The number of carbonyl (C=O) groups excluding carboxylic acids is 2. The lowest BCUT2D eigenvalue weighted by molar-refractivity contribution is -0.149. The summed E-state index contributed by atoms with van der Waals surface area (Å²) in [6.07, 6.45) is 1.67. The van der Waals surface area contributed by atoms with E-state index in [-0.39, 0.29) is 17.1 Å². The Labute approximate surface area is 76.4 Å². The highest BCUT2D eigenvalue weighted by Crippen LogP contribution is 2.22. The first-order valence-corrected chi connectivity index (χ1v) is 3.95. The summed E-state index contributed by atoms with van der Waals surface area (Å²) in [5.74, 6) is -1.09. The molecule has 1 heterocycles. The second-order valence-electron chi connectivity index (χ2n) is 3.05. The van der Waals surface area contributed by atoms with Crippen molar-refractivity contribution in [1.29, 1.82) is 0 Å². The van der Waals surface area contributed by atoms with E-state index in [0.29, 0.717) is 0 Å². The fourth-order valence-corrected chi connectivity index (χ4v) is 1.05. The lowest BCUT2D eigenvalue weighted by Gasteiger charge is -1.95. The number of hydrogen-bond donors (Lipinski definition) is 0. The fraction of sp³-hybridized carbons (Fsp3) is 0.300. The molecule has 0 unspecified atom stereocenters. The Balaban J connectivity index is 3.16. The Hall–Kier alpha value is -1.60. The van der Waals surface area contributed by atoms with Crippen molar-refractivity contribution < 1.29 is 14.3 Å². The molecule has 0 spiro atoms. The number of ether oxygens (including phenoxy) is 1. The Morgan fingerprint density at radius 1 is 1.38 bits per heavy atom. The molecule has 0 saturated carbocycles. The second kappa shape index (κ2) is 3.42. The quantitative estimate of drug-likeness (QED) is 0.263. The van der Waals surface area contributed by atoms with Crippen molar-refractivity contribution in [3.05, 3.63) is 29.5 Å². The molecule has 1 aliphatic heterocycles. The van der Waals surface area contributed by atoms with Gasteiger partial charge < -0.3 is 4.74 Å². The maximum absolute atomic E-state index is 11.1. The van der Waals surface area contributed by atoms with Crippen molar-refractivity contribution in [1.82, 2.24) is 0 Å². The van der Waals surface area contributed by atoms with Crippen LogP contribution < -0.4 is 0 Å². The highest BCUT2D eigenvalue weighted by Gasteiger charge is 2.33. The fourth-order valence-electron chi connectivity index (χ4n) is 1.05. The van der Waals surface area contributed by atoms with Crippen molar-refractivity contribution in [2.24, 2.45) is 5.92 Å². The average Bonchev–Trinajstić information content (AvgIpc) is 2.26. The van der Waals surface area contributed by atoms with Crippen LogP contribution in [0.5, 0.6) is 0 Å². The van der Waals surface area contributed by atoms with E-state index in [2.05, 4.69) is 17.0 Å². The molecule has 1 rings (SSSR count). The van der Waals surface area contributed by atoms with Gasteiger partial charge in [-0.2, -0.15) is 0 Å². The van der Waals surface area contributed by atoms with Gasteiger partial charge in [-0.25, -0.2) is 9.59 Å². The minimum absolute atomic E-state index is 0.138. The van der Waals surface area contributed by atoms with Gasteiger partial charge in [0.1, 0.15) is 5.57 Å². The molecule has 0 aromatic rings. The van der Waals surface area contributed by atoms with E-state index in [1.165, 1.54) is 0 Å². The number of esters is 2. The molecule has 1 fully saturated rings. The van der Waals surface area contributed by atoms with E-state index in [0.717, 1.165) is 0 Å². The minimum atomic E-state index is -0.660. The van der Waals surface area contributed by atoms with Crippen molar-refractivity contribution in [3.8, 4) is 0 Å². The SMILES string of the molecule is C=C=C1C(=O)OC(=O)C1=CC(C)C. The lowest BCUT2D eigenvalue weighted by atomic mass is 10.0. The molecule has 13 heavy (non-hydrogen) atoms. The van der Waals surface area contributed by atoms with Crippen molar-refractivity contribution in [2.45, 2.75) is 13.8 Å². The third kappa shape index (κ3) is 1.76. The standard InChI is InChI=1S/C10H10O3/c1-4-7-8(5-6(2)3)10(12)13-9(7)11/h5-6H,1H2,2-3H3. The number of hydrogen-bond acceptors (Lipinski definition) is 3. The van der Waals surface area contributed by atoms with Gasteiger partial charge in [-0.3, -0.25) is 0 Å². The van der Waals surface area contributed by atoms with E-state index in [4.69, 9.17) is 0 Å². The lowest BCUT2D eigenvalue weighted by Crippen LogP contribution is -1.97. The Kier molecular flexibility index (Phi) is 2.49. The smallest absolute Gasteiger partial charge is 0.354 e. The van der Waals surface area contributed by atoms with Crippen LogP contribution in [-0.2, 0) is 14.3 Å². The van der Waals surface area contributed by atoms with Gasteiger partial charge in [-0.05, 0) is 5.92 Å². The van der Waals surface area contributed by atoms with Crippen LogP contribution >= 0.6 is 0 Å². The molecule has 0 aliphatic carbocycles. The average molecular weight is 178 g/mol. The monoisotopic (exact) mass is 178 g/mol. The molecule has 0 aromatic heterocycles. The number of carbonyl (C=O) groups is 2. The van der Waals surface area contributed by atoms with Crippen LogP contribution in [0.2, 0.25) is 0 Å². The summed E-state index contributed by atoms with van der Waals surface area (Å²) in [5.41, 5.74) is 2.81. The van der Waals surface area contributed by atoms with Crippen LogP contribution in [0, 0.1) is 5.92 Å². The van der Waals surface area contributed by atoms with Gasteiger partial charge in [0.2, 0.25) is 0 Å². The molecule has 0 N–H and O–H groups in total. The molecule has 0 radical (unpaired) electrons. The second-order valence-corrected chi connectivity index (χ2v) is 3.05. The van der Waals surface area contributed by atoms with Crippen molar-refractivity contribution in [3.63, 3.8) is 0 Å². The molecule has 0 aromatic carbocycles. The third-order valence-corrected chi connectivity index (χ3v) is 1.56. The Morgan fingerprint density at radius 3 is 2.46 bits per heavy atom. The van der Waals surface area contributed by atoms with Gasteiger partial charge in [0.05, 0.1) is 5.57 Å². The highest BCUT2D eigenvalue weighted by molar-refractivity contribution is 6.17. The van der Waals surface area contributed by atoms with Crippen LogP contribution in [0.15, 0.2) is 29.5 Å². The Morgan fingerprint density at radius 2 is 2.00 bits per heavy atom. The summed E-state index contributed by atoms with van der Waals surface area (Å²) in [6, 6.07) is 0. The largest absolute Gasteiger partial charge is 0.385 e. The molecular formula is C10H10O3. The van der Waals surface area contributed by atoms with E-state index in [1.807, 2.05) is 13.8 Å². The maximum atomic E-state index is 11.1. The van der Waals surface area contributed by atoms with Crippen LogP contribution in [-0.4, -0.2) is 11.9 Å². The van der Waals surface area contributed by atoms with E-state index in [1.54, 1.807) is 6.08 Å². The summed E-state index contributed by atoms with van der Waals surface area (Å²) in [6.45, 7) is 7.14. The normalized spacial score (nSPS) is 19.6. The van der Waals surface area contributed by atoms with Crippen LogP contribution in [0.1, 0.15) is 13.8 Å². The third-order valence-electron chi connectivity index (χ3n) is 1.56. The van der Waals surface area contributed by atoms with Crippen LogP contribution in [0.25, 0.3) is 0 Å². The summed E-state index contributed by atoms with van der Waals surface area (Å²) >= 11 is 0. The van der Waals surface area contributed by atoms with E-state index in [9.17, 15) is 9.59 Å². The summed E-state index contributed by atoms with van der Waals surface area (Å²) < 4.78 is 4.39. The molecule has 1 aliphatic rings. The molecule has 68 valence electrons. The summed E-state index contributed by atoms with van der Waals surface area (Å²) in [7, 11) is 0. The topological polar surface area (TPSA) is 43.4 Å². The molecule has 3 heteroatoms. The van der Waals surface area contributed by atoms with Crippen LogP contribution in [0.3, 0.4) is 0 Å². The Bertz CT molecular complexity index is 341. The number of allylic oxidation sites excluding steroid dienone is 1. The first-order chi connectivity index (χ1) is 6.06. The summed E-state index contributed by atoms with van der Waals surface area (Å²) in [5, 5.41) is 0. The van der Waals surface area contributed by atoms with Gasteiger partial charge in [0.15, 0.2) is 0 Å². The highest BCUT2D eigenvalue weighted by atomic mass is 16.6. The number of rotatable bonds is 1. The van der Waals surface area contributed by atoms with Gasteiger partial charge in [-0.15, -0.1) is 5.73 Å². The maximum Gasteiger partial charge on any atom is 0.354 e. The minimum Gasteiger partial charge on any atom is -0.385 e. The van der Waals surface area contributed by atoms with E-state index < -0.39 is 11.9 Å². The van der Waals surface area contributed by atoms with E-state index >= 15 is 0 Å². The molecule has 0 atom stereocenters. The van der Waals surface area contributed by atoms with Gasteiger partial charge in [0, 0.05) is 0 Å². The molecule has 0 bridgehead atoms. The first-order valence-electron chi connectivity index (χ1n) is 3.95. The molecular weight excluding hydrogens is 168 g/mol. The molecule has 0 amide bonds. The van der Waals surface area contributed by atoms with Crippen LogP contribution in [0.4, 0.5) is 0 Å². The molecule has 1 saturated heterocycles. The zero-order valence-electron chi connectivity index (χ0n) is 7.59. The van der Waals surface area contributed by atoms with Crippen molar-refractivity contribution in [2.75, 3.05) is 0 Å². The van der Waals surface area contributed by atoms with Gasteiger partial charge >= 0.3 is 11.9 Å². The van der Waals surface area contributed by atoms with Crippen molar-refractivity contribution >= 4 is 11.9 Å². The molecule has 3 nitrogen and oxygen atoms in total. The zero-order valence-corrected chi connectivity index (χ0v) is 7.59. The zero-order chi connectivity index (χ0) is 10.0. The predicted octanol–water partition coefficient (Wildman–Crippen LogP) is 1.36.